The fourth-order valence-electron chi connectivity index (χ4n) is 3.74. The molecular formula is C23H23FN2O3S2. The van der Waals surface area contributed by atoms with Gasteiger partial charge in [-0.2, -0.15) is 0 Å². The number of hydrogen-bond donors (Lipinski definition) is 0. The van der Waals surface area contributed by atoms with Crippen LogP contribution in [0.3, 0.4) is 0 Å². The Morgan fingerprint density at radius 2 is 2.06 bits per heavy atom. The van der Waals surface area contributed by atoms with Crippen molar-refractivity contribution in [3.63, 3.8) is 0 Å². The molecule has 3 heterocycles. The van der Waals surface area contributed by atoms with E-state index in [-0.39, 0.29) is 36.8 Å². The largest absolute Gasteiger partial charge is 0.491 e. The van der Waals surface area contributed by atoms with E-state index in [2.05, 4.69) is 0 Å². The number of nitrogens with zero attached hydrogens (tertiary/aromatic N) is 2. The van der Waals surface area contributed by atoms with E-state index in [1.165, 1.54) is 28.3 Å². The van der Waals surface area contributed by atoms with Crippen LogP contribution in [0.4, 0.5) is 4.39 Å². The lowest BCUT2D eigenvalue weighted by Crippen LogP contribution is -2.47. The van der Waals surface area contributed by atoms with Gasteiger partial charge in [-0.15, -0.1) is 22.7 Å². The van der Waals surface area contributed by atoms with Gasteiger partial charge in [-0.25, -0.2) is 4.39 Å². The van der Waals surface area contributed by atoms with Crippen LogP contribution in [0.2, 0.25) is 0 Å². The Bertz CT molecular complexity index is 1050. The van der Waals surface area contributed by atoms with Crippen molar-refractivity contribution in [1.82, 2.24) is 9.80 Å². The molecule has 2 aromatic heterocycles. The summed E-state index contributed by atoms with van der Waals surface area (Å²) in [4.78, 5) is 31.2. The van der Waals surface area contributed by atoms with E-state index in [1.807, 2.05) is 29.8 Å². The van der Waals surface area contributed by atoms with Crippen LogP contribution in [-0.4, -0.2) is 47.9 Å². The first-order valence-corrected chi connectivity index (χ1v) is 11.9. The number of thiophene rings is 2. The van der Waals surface area contributed by atoms with Gasteiger partial charge in [-0.3, -0.25) is 9.59 Å². The summed E-state index contributed by atoms with van der Waals surface area (Å²) in [5.41, 5.74) is 1.06. The second kappa shape index (κ2) is 9.62. The molecule has 8 heteroatoms. The molecule has 4 rings (SSSR count). The highest BCUT2D eigenvalue weighted by Gasteiger charge is 2.33. The Morgan fingerprint density at radius 1 is 1.19 bits per heavy atom. The Morgan fingerprint density at radius 3 is 2.81 bits per heavy atom. The summed E-state index contributed by atoms with van der Waals surface area (Å²) >= 11 is 3.04. The predicted octanol–water partition coefficient (Wildman–Crippen LogP) is 4.62. The SMILES string of the molecule is CCN(CC(=O)N1CCc2sccc2[C@@H]1COc1cccc(F)c1)C(=O)c1cccs1. The maximum Gasteiger partial charge on any atom is 0.264 e. The zero-order chi connectivity index (χ0) is 21.8. The number of likely N-dealkylation sites (N-methyl/N-ethyl adjacent to an activating group) is 1. The van der Waals surface area contributed by atoms with Gasteiger partial charge in [-0.05, 0) is 53.9 Å². The van der Waals surface area contributed by atoms with Crippen LogP contribution in [-0.2, 0) is 11.2 Å². The highest BCUT2D eigenvalue weighted by atomic mass is 32.1. The molecule has 0 fully saturated rings. The molecule has 0 aliphatic carbocycles. The summed E-state index contributed by atoms with van der Waals surface area (Å²) in [5, 5.41) is 3.87. The van der Waals surface area contributed by atoms with Crippen molar-refractivity contribution in [1.29, 1.82) is 0 Å². The van der Waals surface area contributed by atoms with E-state index in [0.29, 0.717) is 23.7 Å². The van der Waals surface area contributed by atoms with Crippen molar-refractivity contribution in [2.45, 2.75) is 19.4 Å². The number of carbonyl (C=O) groups is 2. The standard InChI is InChI=1S/C23H23FN2O3S2/c1-2-25(23(28)21-7-4-11-30-21)14-22(27)26-10-8-20-18(9-12-31-20)19(26)15-29-17-6-3-5-16(24)13-17/h3-7,9,11-13,19H,2,8,10,14-15H2,1H3/t19-/m0/s1. The molecule has 1 aromatic carbocycles. The Kier molecular flexibility index (Phi) is 6.67. The summed E-state index contributed by atoms with van der Waals surface area (Å²) in [6, 6.07) is 11.3. The first-order chi connectivity index (χ1) is 15.1. The summed E-state index contributed by atoms with van der Waals surface area (Å²) < 4.78 is 19.4. The summed E-state index contributed by atoms with van der Waals surface area (Å²) in [5.74, 6) is -0.183. The lowest BCUT2D eigenvalue weighted by Gasteiger charge is -2.37. The van der Waals surface area contributed by atoms with E-state index < -0.39 is 0 Å². The number of ether oxygens (including phenoxy) is 1. The van der Waals surface area contributed by atoms with E-state index in [9.17, 15) is 14.0 Å². The highest BCUT2D eigenvalue weighted by Crippen LogP contribution is 2.34. The second-order valence-corrected chi connectivity index (χ2v) is 9.17. The van der Waals surface area contributed by atoms with Crippen molar-refractivity contribution in [3.05, 3.63) is 74.4 Å². The Labute approximate surface area is 188 Å². The van der Waals surface area contributed by atoms with Gasteiger partial charge >= 0.3 is 0 Å². The lowest BCUT2D eigenvalue weighted by molar-refractivity contribution is -0.135. The maximum atomic E-state index is 13.5. The minimum atomic E-state index is -0.365. The van der Waals surface area contributed by atoms with Gasteiger partial charge in [0.1, 0.15) is 24.7 Å². The van der Waals surface area contributed by atoms with Crippen molar-refractivity contribution in [2.75, 3.05) is 26.2 Å². The van der Waals surface area contributed by atoms with E-state index in [1.54, 1.807) is 39.3 Å². The van der Waals surface area contributed by atoms with Gasteiger partial charge in [0.2, 0.25) is 5.91 Å². The third kappa shape index (κ3) is 4.80. The van der Waals surface area contributed by atoms with Crippen LogP contribution in [0.15, 0.2) is 53.2 Å². The van der Waals surface area contributed by atoms with Crippen LogP contribution >= 0.6 is 22.7 Å². The van der Waals surface area contributed by atoms with Crippen molar-refractivity contribution in [3.8, 4) is 5.75 Å². The number of halogens is 1. The summed E-state index contributed by atoms with van der Waals surface area (Å²) in [7, 11) is 0. The Hall–Kier alpha value is -2.71. The van der Waals surface area contributed by atoms with Crippen molar-refractivity contribution >= 4 is 34.5 Å². The highest BCUT2D eigenvalue weighted by molar-refractivity contribution is 7.12. The molecule has 31 heavy (non-hydrogen) atoms. The summed E-state index contributed by atoms with van der Waals surface area (Å²) in [6.45, 7) is 3.13. The zero-order valence-electron chi connectivity index (χ0n) is 17.1. The average molecular weight is 459 g/mol. The smallest absolute Gasteiger partial charge is 0.264 e. The number of benzene rings is 1. The van der Waals surface area contributed by atoms with E-state index in [0.717, 1.165) is 12.0 Å². The molecule has 0 bridgehead atoms. The van der Waals surface area contributed by atoms with Crippen molar-refractivity contribution < 1.29 is 18.7 Å². The minimum absolute atomic E-state index is 0.0170. The van der Waals surface area contributed by atoms with E-state index in [4.69, 9.17) is 4.74 Å². The van der Waals surface area contributed by atoms with Crippen LogP contribution < -0.4 is 4.74 Å². The predicted molar refractivity (Wildman–Crippen MR) is 120 cm³/mol. The molecule has 3 aromatic rings. The van der Waals surface area contributed by atoms with Crippen molar-refractivity contribution in [2.24, 2.45) is 0 Å². The van der Waals surface area contributed by atoms with Gasteiger partial charge in [0.25, 0.3) is 5.91 Å². The molecule has 0 spiro atoms. The number of fused-ring (bicyclic) bond motifs is 1. The third-order valence-electron chi connectivity index (χ3n) is 5.35. The van der Waals surface area contributed by atoms with E-state index >= 15 is 0 Å². The molecule has 0 radical (unpaired) electrons. The fourth-order valence-corrected chi connectivity index (χ4v) is 5.36. The van der Waals surface area contributed by atoms with Gasteiger partial charge in [0.15, 0.2) is 0 Å². The number of carbonyl (C=O) groups excluding carboxylic acids is 2. The topological polar surface area (TPSA) is 49.9 Å². The number of amides is 2. The normalized spacial score (nSPS) is 15.4. The van der Waals surface area contributed by atoms with Crippen LogP contribution in [0.25, 0.3) is 0 Å². The van der Waals surface area contributed by atoms with Gasteiger partial charge in [0, 0.05) is 24.0 Å². The molecule has 2 amide bonds. The first-order valence-electron chi connectivity index (χ1n) is 10.1. The molecule has 0 N–H and O–H groups in total. The molecule has 0 saturated heterocycles. The first kappa shape index (κ1) is 21.5. The molecule has 1 aliphatic heterocycles. The third-order valence-corrected chi connectivity index (χ3v) is 7.20. The van der Waals surface area contributed by atoms with Crippen LogP contribution in [0.1, 0.15) is 33.1 Å². The quantitative estimate of drug-likeness (QED) is 0.519. The lowest BCUT2D eigenvalue weighted by atomic mass is 10.0. The number of hydrogen-bond acceptors (Lipinski definition) is 5. The molecule has 5 nitrogen and oxygen atoms in total. The van der Waals surface area contributed by atoms with Crippen LogP contribution in [0.5, 0.6) is 5.75 Å². The van der Waals surface area contributed by atoms with Gasteiger partial charge < -0.3 is 14.5 Å². The van der Waals surface area contributed by atoms with Gasteiger partial charge in [0.05, 0.1) is 10.9 Å². The number of rotatable bonds is 7. The molecule has 0 unspecified atom stereocenters. The zero-order valence-corrected chi connectivity index (χ0v) is 18.8. The Balaban J connectivity index is 1.50. The maximum absolute atomic E-state index is 13.5. The molecule has 0 saturated carbocycles. The van der Waals surface area contributed by atoms with Crippen LogP contribution in [0, 0.1) is 5.82 Å². The fraction of sp³-hybridized carbons (Fsp3) is 0.304. The second-order valence-electron chi connectivity index (χ2n) is 7.22. The summed E-state index contributed by atoms with van der Waals surface area (Å²) in [6.07, 6.45) is 0.778. The monoisotopic (exact) mass is 458 g/mol. The molecule has 1 aliphatic rings. The molecular weight excluding hydrogens is 435 g/mol. The molecule has 1 atom stereocenters. The minimum Gasteiger partial charge on any atom is -0.491 e. The average Bonchev–Trinajstić information content (AvgIpc) is 3.47. The molecule has 162 valence electrons. The van der Waals surface area contributed by atoms with Gasteiger partial charge in [-0.1, -0.05) is 12.1 Å².